The van der Waals surface area contributed by atoms with Gasteiger partial charge in [0.05, 0.1) is 4.47 Å². The highest BCUT2D eigenvalue weighted by Gasteiger charge is 2.04. The first-order chi connectivity index (χ1) is 10.1. The molecule has 0 unspecified atom stereocenters. The number of halogens is 2. The predicted molar refractivity (Wildman–Crippen MR) is 92.0 cm³/mol. The van der Waals surface area contributed by atoms with Crippen molar-refractivity contribution in [3.63, 3.8) is 0 Å². The fourth-order valence-electron chi connectivity index (χ4n) is 1.87. The summed E-state index contributed by atoms with van der Waals surface area (Å²) in [5.41, 5.74) is 3.33. The average molecular weight is 365 g/mol. The van der Waals surface area contributed by atoms with E-state index in [1.54, 1.807) is 0 Å². The molecule has 2 nitrogen and oxygen atoms in total. The SMILES string of the molecule is C#CCOc1ccc(CNc2cc(Cl)ccc2C)cc1Br. The van der Waals surface area contributed by atoms with Crippen molar-refractivity contribution >= 4 is 33.2 Å². The van der Waals surface area contributed by atoms with Gasteiger partial charge in [0.2, 0.25) is 0 Å². The molecule has 1 N–H and O–H groups in total. The third-order valence-corrected chi connectivity index (χ3v) is 3.84. The molecule has 0 spiro atoms. The Morgan fingerprint density at radius 1 is 1.29 bits per heavy atom. The third kappa shape index (κ3) is 4.42. The van der Waals surface area contributed by atoms with Gasteiger partial charge in [0.25, 0.3) is 0 Å². The first kappa shape index (κ1) is 15.8. The van der Waals surface area contributed by atoms with E-state index in [0.717, 1.165) is 32.1 Å². The normalized spacial score (nSPS) is 10.0. The molecule has 0 heterocycles. The van der Waals surface area contributed by atoms with Gasteiger partial charge in [0, 0.05) is 17.3 Å². The molecule has 0 amide bonds. The van der Waals surface area contributed by atoms with E-state index < -0.39 is 0 Å². The number of hydrogen-bond acceptors (Lipinski definition) is 2. The average Bonchev–Trinajstić information content (AvgIpc) is 2.47. The second-order valence-corrected chi connectivity index (χ2v) is 5.86. The van der Waals surface area contributed by atoms with Gasteiger partial charge in [0.15, 0.2) is 0 Å². The summed E-state index contributed by atoms with van der Waals surface area (Å²) in [6, 6.07) is 11.7. The molecule has 0 aliphatic heterocycles. The van der Waals surface area contributed by atoms with Gasteiger partial charge < -0.3 is 10.1 Å². The lowest BCUT2D eigenvalue weighted by atomic mass is 10.1. The molecule has 2 aromatic rings. The Balaban J connectivity index is 2.05. The maximum Gasteiger partial charge on any atom is 0.148 e. The van der Waals surface area contributed by atoms with Crippen LogP contribution in [0.2, 0.25) is 5.02 Å². The zero-order chi connectivity index (χ0) is 15.2. The van der Waals surface area contributed by atoms with Gasteiger partial charge >= 0.3 is 0 Å². The second-order valence-electron chi connectivity index (χ2n) is 4.57. The topological polar surface area (TPSA) is 21.3 Å². The molecule has 0 aliphatic rings. The van der Waals surface area contributed by atoms with Crippen LogP contribution < -0.4 is 10.1 Å². The maximum absolute atomic E-state index is 6.01. The standard InChI is InChI=1S/C17H15BrClNO/c1-3-8-21-17-7-5-13(9-15(17)18)11-20-16-10-14(19)6-4-12(16)2/h1,4-7,9-10,20H,8,11H2,2H3. The largest absolute Gasteiger partial charge is 0.480 e. The lowest BCUT2D eigenvalue weighted by Gasteiger charge is -2.11. The van der Waals surface area contributed by atoms with E-state index in [4.69, 9.17) is 22.8 Å². The summed E-state index contributed by atoms with van der Waals surface area (Å²) in [5, 5.41) is 4.11. The number of ether oxygens (including phenoxy) is 1. The number of terminal acetylenes is 1. The van der Waals surface area contributed by atoms with Gasteiger partial charge in [-0.3, -0.25) is 0 Å². The van der Waals surface area contributed by atoms with Gasteiger partial charge in [-0.05, 0) is 58.2 Å². The zero-order valence-electron chi connectivity index (χ0n) is 11.6. The molecule has 108 valence electrons. The van der Waals surface area contributed by atoms with Crippen molar-refractivity contribution in [2.24, 2.45) is 0 Å². The number of hydrogen-bond donors (Lipinski definition) is 1. The number of aryl methyl sites for hydroxylation is 1. The van der Waals surface area contributed by atoms with Gasteiger partial charge in [-0.15, -0.1) is 6.42 Å². The third-order valence-electron chi connectivity index (χ3n) is 2.99. The van der Waals surface area contributed by atoms with Gasteiger partial charge in [-0.25, -0.2) is 0 Å². The predicted octanol–water partition coefficient (Wildman–Crippen LogP) is 5.04. The highest BCUT2D eigenvalue weighted by molar-refractivity contribution is 9.10. The quantitative estimate of drug-likeness (QED) is 0.751. The van der Waals surface area contributed by atoms with E-state index in [9.17, 15) is 0 Å². The molecular formula is C17H15BrClNO. The molecule has 2 aromatic carbocycles. The van der Waals surface area contributed by atoms with Crippen LogP contribution in [0.5, 0.6) is 5.75 Å². The molecule has 2 rings (SSSR count). The molecule has 21 heavy (non-hydrogen) atoms. The summed E-state index contributed by atoms with van der Waals surface area (Å²) >= 11 is 9.50. The van der Waals surface area contributed by atoms with Crippen LogP contribution in [-0.4, -0.2) is 6.61 Å². The van der Waals surface area contributed by atoms with E-state index in [0.29, 0.717) is 6.54 Å². The molecule has 0 radical (unpaired) electrons. The van der Waals surface area contributed by atoms with Crippen molar-refractivity contribution < 1.29 is 4.74 Å². The Hall–Kier alpha value is -1.63. The van der Waals surface area contributed by atoms with Crippen LogP contribution in [0.1, 0.15) is 11.1 Å². The van der Waals surface area contributed by atoms with Crippen molar-refractivity contribution in [1.29, 1.82) is 0 Å². The van der Waals surface area contributed by atoms with Crippen molar-refractivity contribution in [2.75, 3.05) is 11.9 Å². The first-order valence-corrected chi connectivity index (χ1v) is 7.62. The highest BCUT2D eigenvalue weighted by atomic mass is 79.9. The monoisotopic (exact) mass is 363 g/mol. The highest BCUT2D eigenvalue weighted by Crippen LogP contribution is 2.27. The minimum atomic E-state index is 0.262. The van der Waals surface area contributed by atoms with Crippen LogP contribution in [-0.2, 0) is 6.54 Å². The van der Waals surface area contributed by atoms with Crippen LogP contribution in [0.15, 0.2) is 40.9 Å². The van der Waals surface area contributed by atoms with Crippen LogP contribution in [0.25, 0.3) is 0 Å². The van der Waals surface area contributed by atoms with E-state index in [1.807, 2.05) is 43.3 Å². The molecule has 0 saturated heterocycles. The van der Waals surface area contributed by atoms with Crippen LogP contribution in [0.3, 0.4) is 0 Å². The van der Waals surface area contributed by atoms with Crippen LogP contribution >= 0.6 is 27.5 Å². The van der Waals surface area contributed by atoms with Crippen molar-refractivity contribution in [2.45, 2.75) is 13.5 Å². The van der Waals surface area contributed by atoms with Crippen molar-refractivity contribution in [3.8, 4) is 18.1 Å². The lowest BCUT2D eigenvalue weighted by Crippen LogP contribution is -2.02. The minimum Gasteiger partial charge on any atom is -0.480 e. The van der Waals surface area contributed by atoms with E-state index in [1.165, 1.54) is 0 Å². The number of anilines is 1. The van der Waals surface area contributed by atoms with Gasteiger partial charge in [-0.1, -0.05) is 29.7 Å². The van der Waals surface area contributed by atoms with Crippen LogP contribution in [0, 0.1) is 19.3 Å². The van der Waals surface area contributed by atoms with Crippen LogP contribution in [0.4, 0.5) is 5.69 Å². The number of benzene rings is 2. The Kier molecular flexibility index (Phi) is 5.55. The maximum atomic E-state index is 6.01. The summed E-state index contributed by atoms with van der Waals surface area (Å²) in [6.07, 6.45) is 5.18. The lowest BCUT2D eigenvalue weighted by molar-refractivity contribution is 0.368. The van der Waals surface area contributed by atoms with Crippen molar-refractivity contribution in [3.05, 3.63) is 57.0 Å². The summed E-state index contributed by atoms with van der Waals surface area (Å²) in [7, 11) is 0. The van der Waals surface area contributed by atoms with Gasteiger partial charge in [0.1, 0.15) is 12.4 Å². The smallest absolute Gasteiger partial charge is 0.148 e. The Morgan fingerprint density at radius 2 is 2.10 bits per heavy atom. The molecular weight excluding hydrogens is 350 g/mol. The zero-order valence-corrected chi connectivity index (χ0v) is 14.0. The fourth-order valence-corrected chi connectivity index (χ4v) is 2.59. The molecule has 0 aromatic heterocycles. The van der Waals surface area contributed by atoms with Gasteiger partial charge in [-0.2, -0.15) is 0 Å². The van der Waals surface area contributed by atoms with E-state index >= 15 is 0 Å². The van der Waals surface area contributed by atoms with Crippen molar-refractivity contribution in [1.82, 2.24) is 0 Å². The number of rotatable bonds is 5. The molecule has 0 saturated carbocycles. The molecule has 0 bridgehead atoms. The Morgan fingerprint density at radius 3 is 2.81 bits per heavy atom. The summed E-state index contributed by atoms with van der Waals surface area (Å²) in [6.45, 7) is 3.01. The molecule has 4 heteroatoms. The summed E-state index contributed by atoms with van der Waals surface area (Å²) in [4.78, 5) is 0. The van der Waals surface area contributed by atoms with E-state index in [2.05, 4.69) is 27.2 Å². The fraction of sp³-hybridized carbons (Fsp3) is 0.176. The Bertz CT molecular complexity index is 679. The molecule has 0 fully saturated rings. The summed E-state index contributed by atoms with van der Waals surface area (Å²) in [5.74, 6) is 3.19. The first-order valence-electron chi connectivity index (χ1n) is 6.45. The minimum absolute atomic E-state index is 0.262. The molecule has 0 atom stereocenters. The summed E-state index contributed by atoms with van der Waals surface area (Å²) < 4.78 is 6.31. The molecule has 0 aliphatic carbocycles. The number of nitrogens with one attached hydrogen (secondary N) is 1. The van der Waals surface area contributed by atoms with E-state index in [-0.39, 0.29) is 6.61 Å². The Labute approximate surface area is 138 Å². The second kappa shape index (κ2) is 7.40.